The fourth-order valence-corrected chi connectivity index (χ4v) is 7.29. The Morgan fingerprint density at radius 3 is 2.02 bits per heavy atom. The van der Waals surface area contributed by atoms with Crippen LogP contribution in [0.2, 0.25) is 0 Å². The first-order valence-electron chi connectivity index (χ1n) is 15.7. The van der Waals surface area contributed by atoms with E-state index in [-0.39, 0.29) is 38.1 Å². The van der Waals surface area contributed by atoms with Crippen LogP contribution < -0.4 is 16.0 Å². The number of benzene rings is 1. The molecule has 0 radical (unpaired) electrons. The molecule has 0 saturated carbocycles. The Hall–Kier alpha value is -3.39. The van der Waals surface area contributed by atoms with Gasteiger partial charge in [0.15, 0.2) is 0 Å². The van der Waals surface area contributed by atoms with Crippen molar-refractivity contribution in [2.75, 3.05) is 37.3 Å². The first kappa shape index (κ1) is 37.1. The van der Waals surface area contributed by atoms with Crippen LogP contribution in [0.25, 0.3) is 0 Å². The topological polar surface area (TPSA) is 169 Å². The highest BCUT2D eigenvalue weighted by Crippen LogP contribution is 2.29. The molecular formula is C32H51N5O8S. The maximum atomic E-state index is 13.4. The third-order valence-electron chi connectivity index (χ3n) is 8.33. The zero-order valence-corrected chi connectivity index (χ0v) is 29.5. The van der Waals surface area contributed by atoms with Crippen molar-refractivity contribution in [3.63, 3.8) is 0 Å². The van der Waals surface area contributed by atoms with E-state index in [1.54, 1.807) is 48.6 Å². The fourth-order valence-electron chi connectivity index (χ4n) is 5.83. The number of ether oxygens (including phenoxy) is 2. The largest absolute Gasteiger partial charge is 0.444 e. The van der Waals surface area contributed by atoms with Gasteiger partial charge in [0.1, 0.15) is 22.8 Å². The van der Waals surface area contributed by atoms with E-state index in [0.29, 0.717) is 25.1 Å². The summed E-state index contributed by atoms with van der Waals surface area (Å²) < 4.78 is 39.1. The van der Waals surface area contributed by atoms with E-state index in [2.05, 4.69) is 5.32 Å². The number of nitrogens with zero attached hydrogens (tertiary/aromatic N) is 3. The van der Waals surface area contributed by atoms with E-state index in [1.165, 1.54) is 14.1 Å². The van der Waals surface area contributed by atoms with Crippen LogP contribution in [0, 0.1) is 13.8 Å². The van der Waals surface area contributed by atoms with Crippen molar-refractivity contribution in [2.24, 2.45) is 5.73 Å². The van der Waals surface area contributed by atoms with Crippen molar-refractivity contribution >= 4 is 39.7 Å². The van der Waals surface area contributed by atoms with Crippen molar-refractivity contribution < 1.29 is 37.1 Å². The van der Waals surface area contributed by atoms with Crippen LogP contribution in [0.4, 0.5) is 15.3 Å². The van der Waals surface area contributed by atoms with Crippen LogP contribution in [-0.2, 0) is 35.5 Å². The highest BCUT2D eigenvalue weighted by Gasteiger charge is 2.46. The lowest BCUT2D eigenvalue weighted by molar-refractivity contribution is -0.135. The molecule has 14 heteroatoms. The van der Waals surface area contributed by atoms with E-state index in [9.17, 15) is 27.6 Å². The van der Waals surface area contributed by atoms with Crippen molar-refractivity contribution in [3.8, 4) is 0 Å². The molecule has 1 aromatic carbocycles. The van der Waals surface area contributed by atoms with Gasteiger partial charge in [0, 0.05) is 32.4 Å². The summed E-state index contributed by atoms with van der Waals surface area (Å²) in [4.78, 5) is 54.0. The second-order valence-electron chi connectivity index (χ2n) is 14.3. The number of piperidine rings is 1. The number of sulfonamides is 1. The van der Waals surface area contributed by atoms with E-state index in [0.717, 1.165) is 16.7 Å². The quantitative estimate of drug-likeness (QED) is 0.426. The number of carbonyl (C=O) groups excluding carboxylic acids is 4. The summed E-state index contributed by atoms with van der Waals surface area (Å²) >= 11 is 0. The Kier molecular flexibility index (Phi) is 11.1. The zero-order valence-electron chi connectivity index (χ0n) is 28.7. The standard InChI is InChI=1S/C32H51N5O8S/c1-21-19-23(35(9)28(40)44-30(3,4)5)20-22(2)24(21)12-18-46(42,43)36-16-13-32(14-17-36,27(33)39)34-26(38)25-11-10-15-37(25)29(41)45-31(6,7)8/h19-20,25H,10-18H2,1-9H3,(H2,33,39)(H,34,38). The van der Waals surface area contributed by atoms with Gasteiger partial charge < -0.3 is 20.5 Å². The van der Waals surface area contributed by atoms with E-state index >= 15 is 0 Å². The van der Waals surface area contributed by atoms with Crippen LogP contribution in [0.1, 0.15) is 83.9 Å². The summed E-state index contributed by atoms with van der Waals surface area (Å²) in [7, 11) is -2.09. The van der Waals surface area contributed by atoms with Gasteiger partial charge in [-0.3, -0.25) is 19.4 Å². The van der Waals surface area contributed by atoms with Crippen molar-refractivity contribution in [1.82, 2.24) is 14.5 Å². The maximum absolute atomic E-state index is 13.4. The molecule has 0 spiro atoms. The van der Waals surface area contributed by atoms with Gasteiger partial charge >= 0.3 is 12.2 Å². The summed E-state index contributed by atoms with van der Waals surface area (Å²) in [5.74, 6) is -1.41. The molecule has 2 aliphatic rings. The molecule has 1 unspecified atom stereocenters. The summed E-state index contributed by atoms with van der Waals surface area (Å²) in [5.41, 5.74) is 6.18. The molecule has 2 aliphatic heterocycles. The van der Waals surface area contributed by atoms with Crippen LogP contribution >= 0.6 is 0 Å². The molecule has 0 aliphatic carbocycles. The molecule has 3 rings (SSSR count). The Morgan fingerprint density at radius 2 is 1.52 bits per heavy atom. The molecule has 2 saturated heterocycles. The summed E-state index contributed by atoms with van der Waals surface area (Å²) in [6.07, 6.45) is 0.208. The lowest BCUT2D eigenvalue weighted by Gasteiger charge is -2.40. The monoisotopic (exact) mass is 665 g/mol. The minimum Gasteiger partial charge on any atom is -0.444 e. The molecule has 0 bridgehead atoms. The van der Waals surface area contributed by atoms with Gasteiger partial charge in [-0.1, -0.05) is 0 Å². The number of nitrogens with one attached hydrogen (secondary N) is 1. The number of likely N-dealkylation sites (tertiary alicyclic amines) is 1. The smallest absolute Gasteiger partial charge is 0.414 e. The van der Waals surface area contributed by atoms with E-state index in [4.69, 9.17) is 15.2 Å². The van der Waals surface area contributed by atoms with Crippen molar-refractivity contribution in [3.05, 3.63) is 28.8 Å². The average molecular weight is 666 g/mol. The SMILES string of the molecule is Cc1cc(N(C)C(=O)OC(C)(C)C)cc(C)c1CCS(=O)(=O)N1CCC(NC(=O)C2CCCN2C(=O)OC(C)(C)C)(C(N)=O)CC1. The number of hydrogen-bond acceptors (Lipinski definition) is 8. The molecule has 258 valence electrons. The predicted octanol–water partition coefficient (Wildman–Crippen LogP) is 3.38. The second kappa shape index (κ2) is 13.8. The minimum atomic E-state index is -3.72. The Morgan fingerprint density at radius 1 is 0.978 bits per heavy atom. The molecule has 3 N–H and O–H groups in total. The summed E-state index contributed by atoms with van der Waals surface area (Å²) in [5, 5.41) is 2.78. The molecule has 0 aromatic heterocycles. The number of rotatable bonds is 8. The van der Waals surface area contributed by atoms with Crippen LogP contribution in [-0.4, -0.2) is 96.8 Å². The van der Waals surface area contributed by atoms with Gasteiger partial charge in [0.05, 0.1) is 5.75 Å². The highest BCUT2D eigenvalue weighted by atomic mass is 32.2. The number of hydrogen-bond donors (Lipinski definition) is 2. The van der Waals surface area contributed by atoms with Gasteiger partial charge in [-0.15, -0.1) is 0 Å². The minimum absolute atomic E-state index is 0.00356. The van der Waals surface area contributed by atoms with E-state index < -0.39 is 56.8 Å². The number of carbonyl (C=O) groups is 4. The number of anilines is 1. The molecule has 2 heterocycles. The molecule has 46 heavy (non-hydrogen) atoms. The lowest BCUT2D eigenvalue weighted by atomic mass is 9.87. The molecular weight excluding hydrogens is 614 g/mol. The fraction of sp³-hybridized carbons (Fsp3) is 0.688. The molecule has 2 fully saturated rings. The zero-order chi connectivity index (χ0) is 34.8. The summed E-state index contributed by atoms with van der Waals surface area (Å²) in [6.45, 7) is 14.7. The van der Waals surface area contributed by atoms with Crippen LogP contribution in [0.15, 0.2) is 12.1 Å². The Bertz CT molecular complexity index is 1420. The van der Waals surface area contributed by atoms with Crippen molar-refractivity contribution in [2.45, 2.75) is 110 Å². The van der Waals surface area contributed by atoms with Gasteiger partial charge in [0.2, 0.25) is 21.8 Å². The van der Waals surface area contributed by atoms with Gasteiger partial charge in [-0.25, -0.2) is 22.3 Å². The number of aryl methyl sites for hydroxylation is 2. The van der Waals surface area contributed by atoms with Crippen LogP contribution in [0.5, 0.6) is 0 Å². The van der Waals surface area contributed by atoms with E-state index in [1.807, 2.05) is 26.0 Å². The molecule has 4 amide bonds. The van der Waals surface area contributed by atoms with Gasteiger partial charge in [-0.2, -0.15) is 0 Å². The highest BCUT2D eigenvalue weighted by molar-refractivity contribution is 7.89. The van der Waals surface area contributed by atoms with Crippen molar-refractivity contribution in [1.29, 1.82) is 0 Å². The number of amides is 4. The maximum Gasteiger partial charge on any atom is 0.414 e. The molecule has 1 aromatic rings. The lowest BCUT2D eigenvalue weighted by Crippen LogP contribution is -2.65. The molecule has 1 atom stereocenters. The first-order chi connectivity index (χ1) is 21.0. The summed E-state index contributed by atoms with van der Waals surface area (Å²) in [6, 6.07) is 2.85. The number of primary amides is 1. The average Bonchev–Trinajstić information content (AvgIpc) is 3.41. The normalized spacial score (nSPS) is 19.0. The Balaban J connectivity index is 1.65. The molecule has 13 nitrogen and oxygen atoms in total. The van der Waals surface area contributed by atoms with Gasteiger partial charge in [-0.05, 0) is 116 Å². The predicted molar refractivity (Wildman–Crippen MR) is 175 cm³/mol. The number of nitrogens with two attached hydrogens (primary N) is 1. The third-order valence-corrected chi connectivity index (χ3v) is 10.2. The first-order valence-corrected chi connectivity index (χ1v) is 17.3. The van der Waals surface area contributed by atoms with Gasteiger partial charge in [0.25, 0.3) is 0 Å². The third kappa shape index (κ3) is 9.11. The Labute approximate surface area is 273 Å². The van der Waals surface area contributed by atoms with Crippen LogP contribution in [0.3, 0.4) is 0 Å². The second-order valence-corrected chi connectivity index (χ2v) is 16.4.